The molecular formula is C60H64Cl2F2N10O7S2. The van der Waals surface area contributed by atoms with Gasteiger partial charge in [0, 0.05) is 104 Å². The van der Waals surface area contributed by atoms with Gasteiger partial charge in [-0.1, -0.05) is 80.4 Å². The van der Waals surface area contributed by atoms with Crippen LogP contribution in [0.3, 0.4) is 0 Å². The molecule has 0 bridgehead atoms. The Kier molecular flexibility index (Phi) is 20.5. The third-order valence-electron chi connectivity index (χ3n) is 14.4. The molecule has 6 N–H and O–H groups in total. The van der Waals surface area contributed by atoms with Gasteiger partial charge in [-0.2, -0.15) is 9.57 Å². The van der Waals surface area contributed by atoms with Crippen LogP contribution in [0.15, 0.2) is 133 Å². The van der Waals surface area contributed by atoms with Gasteiger partial charge in [-0.05, 0) is 120 Å². The monoisotopic (exact) mass is 1210 g/mol. The Morgan fingerprint density at radius 2 is 1.53 bits per heavy atom. The third-order valence-corrected chi connectivity index (χ3v) is 17.1. The Bertz CT molecular complexity index is 3480. The molecule has 2 aliphatic heterocycles. The van der Waals surface area contributed by atoms with Gasteiger partial charge in [-0.25, -0.2) is 17.2 Å². The molecule has 5 aromatic carbocycles. The van der Waals surface area contributed by atoms with Gasteiger partial charge < -0.3 is 41.4 Å². The van der Waals surface area contributed by atoms with Gasteiger partial charge in [-0.3, -0.25) is 24.3 Å². The number of hydrogen-bond donors (Lipinski definition) is 6. The smallest absolute Gasteiger partial charge is 0.251 e. The van der Waals surface area contributed by atoms with Crippen LogP contribution in [0.4, 0.5) is 20.2 Å². The number of sulfonamides is 1. The van der Waals surface area contributed by atoms with Gasteiger partial charge in [-0.15, -0.1) is 0 Å². The highest BCUT2D eigenvalue weighted by Crippen LogP contribution is 2.53. The van der Waals surface area contributed by atoms with Gasteiger partial charge in [0.25, 0.3) is 11.8 Å². The number of carbonyl (C=O) groups is 3. The van der Waals surface area contributed by atoms with E-state index < -0.39 is 62.3 Å². The molecule has 3 amide bonds. The zero-order chi connectivity index (χ0) is 59.5. The average molecular weight is 1210 g/mol. The summed E-state index contributed by atoms with van der Waals surface area (Å²) >= 11 is 17.9. The van der Waals surface area contributed by atoms with Crippen LogP contribution in [0.2, 0.25) is 10.0 Å². The lowest BCUT2D eigenvalue weighted by Crippen LogP contribution is -2.48. The molecule has 0 aliphatic carbocycles. The molecule has 17 nitrogen and oxygen atoms in total. The predicted octanol–water partition coefficient (Wildman–Crippen LogP) is 8.81. The van der Waals surface area contributed by atoms with Gasteiger partial charge in [0.05, 0.1) is 48.0 Å². The molecule has 0 radical (unpaired) electrons. The van der Waals surface area contributed by atoms with Crippen molar-refractivity contribution in [3.05, 3.63) is 183 Å². The van der Waals surface area contributed by atoms with Crippen LogP contribution in [-0.4, -0.2) is 117 Å². The van der Waals surface area contributed by atoms with E-state index in [4.69, 9.17) is 44.9 Å². The zero-order valence-corrected chi connectivity index (χ0v) is 49.3. The van der Waals surface area contributed by atoms with Crippen LogP contribution in [0, 0.1) is 28.4 Å². The van der Waals surface area contributed by atoms with Crippen LogP contribution in [-0.2, 0) is 38.1 Å². The van der Waals surface area contributed by atoms with Gasteiger partial charge >= 0.3 is 0 Å². The maximum absolute atomic E-state index is 16.2. The SMILES string of the molecule is COc1cc(C(=O)NCCOCCNC(=O)c2cccc(CN3CCN(S(=O)(=O)c4ccc(NC(=S)NCc5cccnc5)cc4)CC3)c2)ccc1NC(=O)[C@@H]1N[C@@H](CC(C)(C)C)[C@](C#N)(c2ccc(Cl)cc2F)[C@H]1c1cccc(Cl)c1F. The second-order valence-corrected chi connectivity index (χ2v) is 24.5. The molecule has 6 aromatic rings. The zero-order valence-electron chi connectivity index (χ0n) is 46.1. The fourth-order valence-corrected chi connectivity index (χ4v) is 12.4. The molecule has 0 saturated carbocycles. The minimum absolute atomic E-state index is 0.0595. The summed E-state index contributed by atoms with van der Waals surface area (Å²) in [6.07, 6.45) is 3.72. The Hall–Kier alpha value is -7.13. The number of ether oxygens (including phenoxy) is 2. The molecule has 1 aromatic heterocycles. The summed E-state index contributed by atoms with van der Waals surface area (Å²) in [7, 11) is -2.37. The molecule has 2 aliphatic rings. The summed E-state index contributed by atoms with van der Waals surface area (Å²) in [6, 6.07) is 30.3. The maximum atomic E-state index is 16.2. The normalized spacial score (nSPS) is 18.4. The first-order valence-corrected chi connectivity index (χ1v) is 29.4. The van der Waals surface area contributed by atoms with Crippen molar-refractivity contribution in [3.63, 3.8) is 0 Å². The summed E-state index contributed by atoms with van der Waals surface area (Å²) in [6.45, 7) is 9.09. The van der Waals surface area contributed by atoms with Crippen molar-refractivity contribution < 1.29 is 41.1 Å². The first kappa shape index (κ1) is 61.9. The number of halogens is 4. The van der Waals surface area contributed by atoms with Crippen LogP contribution in [0.25, 0.3) is 0 Å². The number of benzene rings is 5. The Labute approximate surface area is 497 Å². The standard InChI is InChI=1S/C60H64Cl2F2N10O7S2/c1-59(2,3)33-51-60(37-65,46-19-14-42(61)32-48(46)63)52(45-11-6-12-47(62)53(45)64)54(72-51)57(77)71-49-20-13-41(31-50(49)80-4)56(76)68-23-29-81-28-22-67-55(75)40-10-5-8-38(30-40)36-73-24-26-74(27-25-73)83(78,79)44-17-15-43(16-18-44)70-58(82)69-35-39-9-7-21-66-34-39/h5-21,30-32,34,51-52,54,72H,22-29,33,35-36H2,1-4H3,(H,67,75)(H,68,76)(H,71,77)(H2,69,70,82)/t51-,52-,54+,60-/m0/s1. The summed E-state index contributed by atoms with van der Waals surface area (Å²) in [4.78, 5) is 47.4. The van der Waals surface area contributed by atoms with E-state index in [1.54, 1.807) is 48.8 Å². The Morgan fingerprint density at radius 3 is 2.18 bits per heavy atom. The molecule has 0 spiro atoms. The van der Waals surface area contributed by atoms with Gasteiger partial charge in [0.15, 0.2) is 5.11 Å². The van der Waals surface area contributed by atoms with E-state index in [1.807, 2.05) is 45.0 Å². The van der Waals surface area contributed by atoms with E-state index in [2.05, 4.69) is 47.9 Å². The van der Waals surface area contributed by atoms with E-state index >= 15 is 8.78 Å². The fourth-order valence-electron chi connectivity index (χ4n) is 10.4. The number of hydrogen-bond acceptors (Lipinski definition) is 12. The number of nitrogens with one attached hydrogen (secondary N) is 6. The number of methoxy groups -OCH3 is 1. The number of anilines is 2. The van der Waals surface area contributed by atoms with E-state index in [0.717, 1.165) is 17.2 Å². The molecule has 23 heteroatoms. The topological polar surface area (TPSA) is 219 Å². The lowest BCUT2D eigenvalue weighted by atomic mass is 9.62. The largest absolute Gasteiger partial charge is 0.495 e. The molecule has 436 valence electrons. The Morgan fingerprint density at radius 1 is 0.843 bits per heavy atom. The van der Waals surface area contributed by atoms with Gasteiger partial charge in [0.2, 0.25) is 15.9 Å². The minimum Gasteiger partial charge on any atom is -0.495 e. The van der Waals surface area contributed by atoms with Crippen LogP contribution in [0.1, 0.15) is 76.1 Å². The number of pyridine rings is 1. The molecular weight excluding hydrogens is 1150 g/mol. The summed E-state index contributed by atoms with van der Waals surface area (Å²) < 4.78 is 72.2. The second kappa shape index (κ2) is 27.5. The number of piperazine rings is 1. The lowest BCUT2D eigenvalue weighted by molar-refractivity contribution is -0.118. The number of rotatable bonds is 21. The van der Waals surface area contributed by atoms with Crippen molar-refractivity contribution in [2.45, 2.75) is 68.6 Å². The first-order chi connectivity index (χ1) is 39.7. The summed E-state index contributed by atoms with van der Waals surface area (Å²) in [5, 5.41) is 29.4. The molecule has 0 unspecified atom stereocenters. The molecule has 2 saturated heterocycles. The van der Waals surface area contributed by atoms with E-state index in [1.165, 1.54) is 59.9 Å². The molecule has 3 heterocycles. The van der Waals surface area contributed by atoms with Crippen molar-refractivity contribution in [1.82, 2.24) is 35.5 Å². The number of nitrogens with zero attached hydrogens (tertiary/aromatic N) is 4. The summed E-state index contributed by atoms with van der Waals surface area (Å²) in [5.41, 5.74) is 0.955. The van der Waals surface area contributed by atoms with E-state index in [-0.39, 0.29) is 81.7 Å². The first-order valence-electron chi connectivity index (χ1n) is 26.8. The van der Waals surface area contributed by atoms with Crippen molar-refractivity contribution in [2.75, 3.05) is 70.2 Å². The minimum atomic E-state index is -3.73. The van der Waals surface area contributed by atoms with Crippen LogP contribution >= 0.6 is 35.4 Å². The fraction of sp³-hybridized carbons (Fsp3) is 0.333. The van der Waals surface area contributed by atoms with Crippen LogP contribution < -0.4 is 36.6 Å². The second-order valence-electron chi connectivity index (χ2n) is 21.3. The van der Waals surface area contributed by atoms with Crippen molar-refractivity contribution in [2.24, 2.45) is 5.41 Å². The number of amides is 3. The number of aromatic nitrogens is 1. The Balaban J connectivity index is 0.785. The molecule has 4 atom stereocenters. The highest BCUT2D eigenvalue weighted by atomic mass is 35.5. The molecule has 8 rings (SSSR count). The van der Waals surface area contributed by atoms with E-state index in [9.17, 15) is 28.1 Å². The summed E-state index contributed by atoms with van der Waals surface area (Å²) in [5.74, 6) is -4.25. The van der Waals surface area contributed by atoms with Crippen LogP contribution in [0.5, 0.6) is 5.75 Å². The van der Waals surface area contributed by atoms with Gasteiger partial charge in [0.1, 0.15) is 22.8 Å². The van der Waals surface area contributed by atoms with E-state index in [0.29, 0.717) is 55.6 Å². The highest BCUT2D eigenvalue weighted by Gasteiger charge is 2.61. The lowest BCUT2D eigenvalue weighted by Gasteiger charge is -2.37. The highest BCUT2D eigenvalue weighted by molar-refractivity contribution is 7.89. The van der Waals surface area contributed by atoms with Crippen molar-refractivity contribution in [3.8, 4) is 11.8 Å². The number of thiocarbonyl (C=S) groups is 1. The quantitative estimate of drug-likeness (QED) is 0.0293. The number of carbonyl (C=O) groups excluding carboxylic acids is 3. The number of nitriles is 1. The predicted molar refractivity (Wildman–Crippen MR) is 319 cm³/mol. The third kappa shape index (κ3) is 15.2. The maximum Gasteiger partial charge on any atom is 0.251 e. The van der Waals surface area contributed by atoms with Crippen molar-refractivity contribution in [1.29, 1.82) is 5.26 Å². The molecule has 83 heavy (non-hydrogen) atoms. The molecule has 2 fully saturated rings. The average Bonchev–Trinajstić information content (AvgIpc) is 2.77. The van der Waals surface area contributed by atoms with Crippen molar-refractivity contribution >= 4 is 79.7 Å².